The van der Waals surface area contributed by atoms with Crippen LogP contribution in [-0.2, 0) is 10.0 Å². The van der Waals surface area contributed by atoms with Gasteiger partial charge in [0.25, 0.3) is 0 Å². The fourth-order valence-corrected chi connectivity index (χ4v) is 7.55. The molecule has 12 nitrogen and oxygen atoms in total. The Bertz CT molecular complexity index is 1650. The molecule has 2 aromatic carbocycles. The Hall–Kier alpha value is -3.78. The second-order valence-corrected chi connectivity index (χ2v) is 12.7. The van der Waals surface area contributed by atoms with E-state index in [0.29, 0.717) is 40.4 Å². The van der Waals surface area contributed by atoms with Gasteiger partial charge in [0.2, 0.25) is 16.0 Å². The first-order valence-corrected chi connectivity index (χ1v) is 16.1. The number of nitrogens with one attached hydrogen (secondary N) is 2. The van der Waals surface area contributed by atoms with Gasteiger partial charge in [-0.15, -0.1) is 0 Å². The van der Waals surface area contributed by atoms with Crippen LogP contribution in [0.15, 0.2) is 59.9 Å². The van der Waals surface area contributed by atoms with E-state index in [1.807, 2.05) is 16.7 Å². The Labute approximate surface area is 252 Å². The van der Waals surface area contributed by atoms with Crippen LogP contribution in [-0.4, -0.2) is 96.7 Å². The topological polar surface area (TPSA) is 127 Å². The first-order chi connectivity index (χ1) is 21.0. The Morgan fingerprint density at radius 3 is 2.44 bits per heavy atom. The minimum Gasteiger partial charge on any atom is -0.493 e. The second kappa shape index (κ2) is 12.8. The number of benzene rings is 2. The van der Waals surface area contributed by atoms with E-state index in [1.54, 1.807) is 61.4 Å². The van der Waals surface area contributed by atoms with Crippen molar-refractivity contribution in [2.45, 2.75) is 36.6 Å². The molecule has 0 bridgehead atoms. The molecule has 2 fully saturated rings. The molecular weight excluding hydrogens is 568 g/mol. The van der Waals surface area contributed by atoms with E-state index < -0.39 is 10.0 Å². The van der Waals surface area contributed by atoms with Crippen molar-refractivity contribution in [3.63, 3.8) is 0 Å². The van der Waals surface area contributed by atoms with Gasteiger partial charge in [0.05, 0.1) is 30.1 Å². The number of aromatic nitrogens is 4. The molecular formula is C30H38N8O4S. The largest absolute Gasteiger partial charge is 0.493 e. The van der Waals surface area contributed by atoms with Gasteiger partial charge in [0.1, 0.15) is 12.1 Å². The van der Waals surface area contributed by atoms with Crippen molar-refractivity contribution in [1.82, 2.24) is 34.0 Å². The molecule has 13 heteroatoms. The standard InChI is InChI=1S/C30H38N8O4S/c1-41-27-19-25-26(20-28(27)42-2)37(21-33-25)29-11-14-32-30(35-29)34-22-5-7-24(8-6-22)43(39,40)38(23-9-12-31-13-10-23)18-17-36-15-3-4-16-36/h5-8,11,14,19-21,23,31H,3-4,9-10,12-13,15-18H2,1-2H3,(H,32,34,35). The third-order valence-corrected chi connectivity index (χ3v) is 10.2. The average molecular weight is 607 g/mol. The van der Waals surface area contributed by atoms with Crippen LogP contribution in [0.2, 0.25) is 0 Å². The molecule has 0 unspecified atom stereocenters. The molecule has 0 amide bonds. The molecule has 0 aliphatic carbocycles. The van der Waals surface area contributed by atoms with Crippen LogP contribution in [0, 0.1) is 0 Å². The van der Waals surface area contributed by atoms with Crippen molar-refractivity contribution < 1.29 is 17.9 Å². The summed E-state index contributed by atoms with van der Waals surface area (Å²) in [5.74, 6) is 2.18. The molecule has 0 saturated carbocycles. The number of likely N-dealkylation sites (tertiary alicyclic amines) is 1. The molecule has 2 saturated heterocycles. The summed E-state index contributed by atoms with van der Waals surface area (Å²) in [5.41, 5.74) is 2.23. The number of ether oxygens (including phenoxy) is 2. The fourth-order valence-electron chi connectivity index (χ4n) is 5.88. The van der Waals surface area contributed by atoms with Crippen LogP contribution in [0.4, 0.5) is 11.6 Å². The van der Waals surface area contributed by atoms with E-state index in [2.05, 4.69) is 30.5 Å². The Morgan fingerprint density at radius 1 is 1.00 bits per heavy atom. The zero-order valence-electron chi connectivity index (χ0n) is 24.6. The first kappa shape index (κ1) is 29.3. The van der Waals surface area contributed by atoms with Gasteiger partial charge >= 0.3 is 0 Å². The second-order valence-electron chi connectivity index (χ2n) is 10.8. The normalized spacial score (nSPS) is 16.6. The van der Waals surface area contributed by atoms with Crippen LogP contribution in [0.5, 0.6) is 11.5 Å². The lowest BCUT2D eigenvalue weighted by Gasteiger charge is -2.34. The minimum absolute atomic E-state index is 0.00288. The lowest BCUT2D eigenvalue weighted by molar-refractivity contribution is 0.228. The molecule has 6 rings (SSSR count). The van der Waals surface area contributed by atoms with Gasteiger partial charge in [0, 0.05) is 43.1 Å². The van der Waals surface area contributed by atoms with Crippen molar-refractivity contribution in [3.05, 3.63) is 55.0 Å². The van der Waals surface area contributed by atoms with E-state index >= 15 is 0 Å². The monoisotopic (exact) mass is 606 g/mol. The van der Waals surface area contributed by atoms with E-state index in [9.17, 15) is 8.42 Å². The van der Waals surface area contributed by atoms with E-state index in [-0.39, 0.29) is 6.04 Å². The lowest BCUT2D eigenvalue weighted by Crippen LogP contribution is -2.48. The number of rotatable bonds is 11. The van der Waals surface area contributed by atoms with Crippen molar-refractivity contribution in [2.75, 3.05) is 58.8 Å². The maximum Gasteiger partial charge on any atom is 0.243 e. The van der Waals surface area contributed by atoms with Crippen molar-refractivity contribution >= 4 is 32.7 Å². The molecule has 0 spiro atoms. The minimum atomic E-state index is -3.66. The van der Waals surface area contributed by atoms with Gasteiger partial charge < -0.3 is 25.0 Å². The van der Waals surface area contributed by atoms with Crippen LogP contribution < -0.4 is 20.1 Å². The van der Waals surface area contributed by atoms with Crippen molar-refractivity contribution in [1.29, 1.82) is 0 Å². The summed E-state index contributed by atoms with van der Waals surface area (Å²) in [6, 6.07) is 12.3. The molecule has 43 heavy (non-hydrogen) atoms. The third kappa shape index (κ3) is 6.30. The number of fused-ring (bicyclic) bond motifs is 1. The number of methoxy groups -OCH3 is 2. The van der Waals surface area contributed by atoms with Gasteiger partial charge in [-0.05, 0) is 82.2 Å². The van der Waals surface area contributed by atoms with Crippen LogP contribution in [0.3, 0.4) is 0 Å². The van der Waals surface area contributed by atoms with Crippen LogP contribution in [0.1, 0.15) is 25.7 Å². The summed E-state index contributed by atoms with van der Waals surface area (Å²) >= 11 is 0. The van der Waals surface area contributed by atoms with E-state index in [0.717, 1.165) is 56.6 Å². The fraction of sp³-hybridized carbons (Fsp3) is 0.433. The first-order valence-electron chi connectivity index (χ1n) is 14.7. The van der Waals surface area contributed by atoms with Gasteiger partial charge in [-0.25, -0.2) is 18.4 Å². The smallest absolute Gasteiger partial charge is 0.243 e. The highest BCUT2D eigenvalue weighted by Crippen LogP contribution is 2.32. The van der Waals surface area contributed by atoms with Crippen molar-refractivity contribution in [2.24, 2.45) is 0 Å². The average Bonchev–Trinajstić information content (AvgIpc) is 3.71. The molecule has 0 radical (unpaired) electrons. The zero-order valence-corrected chi connectivity index (χ0v) is 25.4. The quantitative estimate of drug-likeness (QED) is 0.262. The molecule has 2 aliphatic rings. The molecule has 4 heterocycles. The molecule has 2 N–H and O–H groups in total. The Balaban J connectivity index is 1.20. The predicted octanol–water partition coefficient (Wildman–Crippen LogP) is 3.41. The maximum atomic E-state index is 13.9. The number of nitrogens with zero attached hydrogens (tertiary/aromatic N) is 6. The number of anilines is 2. The number of hydrogen-bond donors (Lipinski definition) is 2. The zero-order chi connectivity index (χ0) is 29.8. The van der Waals surface area contributed by atoms with Gasteiger partial charge in [0.15, 0.2) is 11.5 Å². The van der Waals surface area contributed by atoms with E-state index in [1.165, 1.54) is 12.8 Å². The highest BCUT2D eigenvalue weighted by atomic mass is 32.2. The summed E-state index contributed by atoms with van der Waals surface area (Å²) in [6.07, 6.45) is 7.35. The number of imidazole rings is 1. The molecule has 4 aromatic rings. The Kier molecular flexibility index (Phi) is 8.75. The molecule has 2 aliphatic heterocycles. The lowest BCUT2D eigenvalue weighted by atomic mass is 10.1. The highest BCUT2D eigenvalue weighted by molar-refractivity contribution is 7.89. The number of hydrogen-bond acceptors (Lipinski definition) is 10. The van der Waals surface area contributed by atoms with Crippen LogP contribution >= 0.6 is 0 Å². The third-order valence-electron chi connectivity index (χ3n) is 8.21. The van der Waals surface area contributed by atoms with Gasteiger partial charge in [-0.1, -0.05) is 0 Å². The van der Waals surface area contributed by atoms with Gasteiger partial charge in [-0.3, -0.25) is 4.57 Å². The van der Waals surface area contributed by atoms with Crippen LogP contribution in [0.25, 0.3) is 16.9 Å². The molecule has 2 aromatic heterocycles. The number of sulfonamides is 1. The number of piperidine rings is 1. The summed E-state index contributed by atoms with van der Waals surface area (Å²) in [7, 11) is -0.481. The molecule has 0 atom stereocenters. The highest BCUT2D eigenvalue weighted by Gasteiger charge is 2.32. The summed E-state index contributed by atoms with van der Waals surface area (Å²) in [6.45, 7) is 5.03. The van der Waals surface area contributed by atoms with Gasteiger partial charge in [-0.2, -0.15) is 9.29 Å². The maximum absolute atomic E-state index is 13.9. The summed E-state index contributed by atoms with van der Waals surface area (Å²) in [4.78, 5) is 16.2. The van der Waals surface area contributed by atoms with Crippen molar-refractivity contribution in [3.8, 4) is 17.3 Å². The summed E-state index contributed by atoms with van der Waals surface area (Å²) < 4.78 is 42.2. The summed E-state index contributed by atoms with van der Waals surface area (Å²) in [5, 5.41) is 6.56. The predicted molar refractivity (Wildman–Crippen MR) is 165 cm³/mol. The molecule has 228 valence electrons. The Morgan fingerprint density at radius 2 is 1.72 bits per heavy atom. The van der Waals surface area contributed by atoms with E-state index in [4.69, 9.17) is 9.47 Å². The SMILES string of the molecule is COc1cc2ncn(-c3ccnc(Nc4ccc(S(=O)(=O)N(CCN5CCCC5)C5CCNCC5)cc4)n3)c2cc1OC.